The largest absolute Gasteiger partial charge is 0.322 e. The molecule has 0 aliphatic carbocycles. The van der Waals surface area contributed by atoms with Crippen LogP contribution < -0.4 is 5.32 Å². The smallest absolute Gasteiger partial charge is 0.255 e. The second-order valence-electron chi connectivity index (χ2n) is 5.08. The molecule has 0 radical (unpaired) electrons. The third kappa shape index (κ3) is 2.42. The van der Waals surface area contributed by atoms with Crippen LogP contribution in [0.1, 0.15) is 21.5 Å². The zero-order chi connectivity index (χ0) is 14.1. The SMILES string of the molecule is CN1Cc2cccc(NC(=O)c3ccc(F)cc3)c2C1. The van der Waals surface area contributed by atoms with Crippen LogP contribution in [0, 0.1) is 5.82 Å². The van der Waals surface area contributed by atoms with Crippen LogP contribution in [0.3, 0.4) is 0 Å². The minimum atomic E-state index is -0.344. The predicted octanol–water partition coefficient (Wildman–Crippen LogP) is 3.02. The standard InChI is InChI=1S/C16H15FN2O/c1-19-9-12-3-2-4-15(14(12)10-19)18-16(20)11-5-7-13(17)8-6-11/h2-8H,9-10H2,1H3,(H,18,20). The highest BCUT2D eigenvalue weighted by Crippen LogP contribution is 2.28. The third-order valence-corrected chi connectivity index (χ3v) is 3.50. The highest BCUT2D eigenvalue weighted by Gasteiger charge is 2.19. The highest BCUT2D eigenvalue weighted by molar-refractivity contribution is 6.04. The van der Waals surface area contributed by atoms with Gasteiger partial charge in [-0.25, -0.2) is 4.39 Å². The van der Waals surface area contributed by atoms with E-state index in [-0.39, 0.29) is 11.7 Å². The van der Waals surface area contributed by atoms with E-state index < -0.39 is 0 Å². The van der Waals surface area contributed by atoms with Gasteiger partial charge in [-0.1, -0.05) is 12.1 Å². The molecule has 0 aromatic heterocycles. The van der Waals surface area contributed by atoms with Gasteiger partial charge in [0.15, 0.2) is 0 Å². The molecule has 3 rings (SSSR count). The van der Waals surface area contributed by atoms with Crippen LogP contribution in [-0.4, -0.2) is 17.9 Å². The summed E-state index contributed by atoms with van der Waals surface area (Å²) >= 11 is 0. The van der Waals surface area contributed by atoms with Gasteiger partial charge in [0.1, 0.15) is 5.82 Å². The number of anilines is 1. The van der Waals surface area contributed by atoms with Crippen LogP contribution >= 0.6 is 0 Å². The van der Waals surface area contributed by atoms with Crippen molar-refractivity contribution in [1.29, 1.82) is 0 Å². The van der Waals surface area contributed by atoms with E-state index in [1.54, 1.807) is 0 Å². The van der Waals surface area contributed by atoms with Gasteiger partial charge in [0, 0.05) is 24.3 Å². The number of amides is 1. The van der Waals surface area contributed by atoms with Gasteiger partial charge in [0.2, 0.25) is 0 Å². The van der Waals surface area contributed by atoms with Crippen molar-refractivity contribution in [3.63, 3.8) is 0 Å². The minimum Gasteiger partial charge on any atom is -0.322 e. The molecular weight excluding hydrogens is 255 g/mol. The van der Waals surface area contributed by atoms with Crippen LogP contribution in [0.4, 0.5) is 10.1 Å². The maximum atomic E-state index is 12.9. The van der Waals surface area contributed by atoms with Crippen molar-refractivity contribution in [2.24, 2.45) is 0 Å². The number of hydrogen-bond acceptors (Lipinski definition) is 2. The molecule has 1 heterocycles. The van der Waals surface area contributed by atoms with Crippen molar-refractivity contribution in [2.45, 2.75) is 13.1 Å². The molecule has 102 valence electrons. The molecule has 0 fully saturated rings. The van der Waals surface area contributed by atoms with Crippen LogP contribution in [0.25, 0.3) is 0 Å². The molecule has 20 heavy (non-hydrogen) atoms. The van der Waals surface area contributed by atoms with Crippen LogP contribution in [0.2, 0.25) is 0 Å². The monoisotopic (exact) mass is 270 g/mol. The molecule has 0 unspecified atom stereocenters. The molecule has 0 spiro atoms. The summed E-state index contributed by atoms with van der Waals surface area (Å²) < 4.78 is 12.9. The van der Waals surface area contributed by atoms with E-state index in [2.05, 4.69) is 16.3 Å². The average molecular weight is 270 g/mol. The summed E-state index contributed by atoms with van der Waals surface area (Å²) in [5.74, 6) is -0.559. The highest BCUT2D eigenvalue weighted by atomic mass is 19.1. The molecule has 1 N–H and O–H groups in total. The Bertz CT molecular complexity index is 652. The van der Waals surface area contributed by atoms with E-state index in [0.717, 1.165) is 24.3 Å². The lowest BCUT2D eigenvalue weighted by Crippen LogP contribution is -2.14. The van der Waals surface area contributed by atoms with Crippen LogP contribution in [0.5, 0.6) is 0 Å². The molecule has 4 heteroatoms. The summed E-state index contributed by atoms with van der Waals surface area (Å²) in [6.07, 6.45) is 0. The average Bonchev–Trinajstić information content (AvgIpc) is 2.81. The first-order valence-corrected chi connectivity index (χ1v) is 6.50. The van der Waals surface area contributed by atoms with E-state index in [0.29, 0.717) is 5.56 Å². The number of nitrogens with zero attached hydrogens (tertiary/aromatic N) is 1. The molecule has 0 saturated heterocycles. The van der Waals surface area contributed by atoms with Crippen LogP contribution in [0.15, 0.2) is 42.5 Å². The summed E-state index contributed by atoms with van der Waals surface area (Å²) in [5, 5.41) is 2.91. The summed E-state index contributed by atoms with van der Waals surface area (Å²) in [6, 6.07) is 11.5. The second kappa shape index (κ2) is 5.06. The van der Waals surface area contributed by atoms with Gasteiger partial charge in [-0.15, -0.1) is 0 Å². The fourth-order valence-electron chi connectivity index (χ4n) is 2.50. The molecule has 0 atom stereocenters. The van der Waals surface area contributed by atoms with E-state index in [1.165, 1.54) is 29.8 Å². The summed E-state index contributed by atoms with van der Waals surface area (Å²) in [4.78, 5) is 14.4. The van der Waals surface area contributed by atoms with E-state index in [4.69, 9.17) is 0 Å². The van der Waals surface area contributed by atoms with E-state index >= 15 is 0 Å². The van der Waals surface area contributed by atoms with E-state index in [9.17, 15) is 9.18 Å². The number of benzene rings is 2. The predicted molar refractivity (Wildman–Crippen MR) is 76.0 cm³/mol. The molecule has 3 nitrogen and oxygen atoms in total. The molecule has 2 aromatic rings. The Morgan fingerprint density at radius 2 is 1.90 bits per heavy atom. The van der Waals surface area contributed by atoms with Crippen molar-refractivity contribution in [2.75, 3.05) is 12.4 Å². The molecule has 1 aliphatic rings. The van der Waals surface area contributed by atoms with Crippen LogP contribution in [-0.2, 0) is 13.1 Å². The Morgan fingerprint density at radius 1 is 1.15 bits per heavy atom. The molecule has 1 amide bonds. The lowest BCUT2D eigenvalue weighted by molar-refractivity contribution is 0.102. The van der Waals surface area contributed by atoms with Gasteiger partial charge < -0.3 is 5.32 Å². The Hall–Kier alpha value is -2.20. The maximum absolute atomic E-state index is 12.9. The number of carbonyl (C=O) groups excluding carboxylic acids is 1. The fraction of sp³-hybridized carbons (Fsp3) is 0.188. The van der Waals surface area contributed by atoms with Crippen molar-refractivity contribution >= 4 is 11.6 Å². The Kier molecular flexibility index (Phi) is 3.24. The minimum absolute atomic E-state index is 0.215. The number of fused-ring (bicyclic) bond motifs is 1. The normalized spacial score (nSPS) is 14.1. The van der Waals surface area contributed by atoms with Gasteiger partial charge in [0.05, 0.1) is 0 Å². The topological polar surface area (TPSA) is 32.3 Å². The molecular formula is C16H15FN2O. The first-order chi connectivity index (χ1) is 9.63. The zero-order valence-corrected chi connectivity index (χ0v) is 11.2. The number of hydrogen-bond donors (Lipinski definition) is 1. The third-order valence-electron chi connectivity index (χ3n) is 3.50. The maximum Gasteiger partial charge on any atom is 0.255 e. The second-order valence-corrected chi connectivity index (χ2v) is 5.08. The molecule has 0 bridgehead atoms. The summed E-state index contributed by atoms with van der Waals surface area (Å²) in [7, 11) is 2.05. The molecule has 0 saturated carbocycles. The van der Waals surface area contributed by atoms with Gasteiger partial charge >= 0.3 is 0 Å². The van der Waals surface area contributed by atoms with Crippen molar-refractivity contribution in [3.05, 3.63) is 65.0 Å². The van der Waals surface area contributed by atoms with Gasteiger partial charge in [-0.05, 0) is 48.5 Å². The van der Waals surface area contributed by atoms with Crippen molar-refractivity contribution in [1.82, 2.24) is 4.90 Å². The summed E-state index contributed by atoms with van der Waals surface area (Å²) in [6.45, 7) is 1.73. The number of nitrogens with one attached hydrogen (secondary N) is 1. The first-order valence-electron chi connectivity index (χ1n) is 6.50. The zero-order valence-electron chi connectivity index (χ0n) is 11.2. The first kappa shape index (κ1) is 12.8. The van der Waals surface area contributed by atoms with Gasteiger partial charge in [-0.2, -0.15) is 0 Å². The lowest BCUT2D eigenvalue weighted by Gasteiger charge is -2.10. The summed E-state index contributed by atoms with van der Waals surface area (Å²) in [5.41, 5.74) is 3.69. The van der Waals surface area contributed by atoms with E-state index in [1.807, 2.05) is 19.2 Å². The quantitative estimate of drug-likeness (QED) is 0.909. The molecule has 1 aliphatic heterocycles. The fourth-order valence-corrected chi connectivity index (χ4v) is 2.50. The number of halogens is 1. The van der Waals surface area contributed by atoms with Crippen molar-refractivity contribution in [3.8, 4) is 0 Å². The molecule has 2 aromatic carbocycles. The Labute approximate surface area is 117 Å². The number of rotatable bonds is 2. The Morgan fingerprint density at radius 3 is 2.65 bits per heavy atom. The lowest BCUT2D eigenvalue weighted by atomic mass is 10.1. The van der Waals surface area contributed by atoms with Gasteiger partial charge in [0.25, 0.3) is 5.91 Å². The van der Waals surface area contributed by atoms with Gasteiger partial charge in [-0.3, -0.25) is 9.69 Å². The van der Waals surface area contributed by atoms with Crippen molar-refractivity contribution < 1.29 is 9.18 Å². The number of carbonyl (C=O) groups is 1. The Balaban J connectivity index is 1.84.